The Balaban J connectivity index is 1.57. The largest absolute Gasteiger partial charge is 0.393 e. The van der Waals surface area contributed by atoms with Crippen LogP contribution < -0.4 is 0 Å². The van der Waals surface area contributed by atoms with Crippen molar-refractivity contribution in [1.29, 1.82) is 0 Å². The van der Waals surface area contributed by atoms with E-state index in [4.69, 9.17) is 0 Å². The van der Waals surface area contributed by atoms with Gasteiger partial charge < -0.3 is 9.80 Å². The standard InChI is InChI=1S/C24H20F8N2O2/c25-21(26,19(35)33-11-9-15-5-1-3-7-17(15)13-33)23(29,30)24(31,32)22(27,28)20(36)34-12-10-16-6-2-4-8-18(16)14-34/h1-8H,9-14H2. The van der Waals surface area contributed by atoms with Crippen LogP contribution in [0.5, 0.6) is 0 Å². The first kappa shape index (κ1) is 25.9. The molecule has 0 unspecified atom stereocenters. The van der Waals surface area contributed by atoms with Gasteiger partial charge in [0.1, 0.15) is 0 Å². The van der Waals surface area contributed by atoms with Gasteiger partial charge in [-0.25, -0.2) is 0 Å². The zero-order valence-corrected chi connectivity index (χ0v) is 18.6. The maximum atomic E-state index is 14.6. The second kappa shape index (κ2) is 8.74. The lowest BCUT2D eigenvalue weighted by molar-refractivity contribution is -0.350. The minimum absolute atomic E-state index is 0.0228. The molecular formula is C24H20F8N2O2. The minimum atomic E-state index is -6.87. The smallest absolute Gasteiger partial charge is 0.333 e. The average molecular weight is 520 g/mol. The summed E-state index contributed by atoms with van der Waals surface area (Å²) in [7, 11) is 0. The number of hydrogen-bond acceptors (Lipinski definition) is 2. The van der Waals surface area contributed by atoms with Crippen LogP contribution in [0.3, 0.4) is 0 Å². The molecule has 0 aliphatic carbocycles. The van der Waals surface area contributed by atoms with Crippen LogP contribution in [0.1, 0.15) is 22.3 Å². The lowest BCUT2D eigenvalue weighted by Crippen LogP contribution is -2.69. The monoisotopic (exact) mass is 520 g/mol. The van der Waals surface area contributed by atoms with Crippen LogP contribution in [-0.2, 0) is 35.5 Å². The number of hydrogen-bond donors (Lipinski definition) is 0. The number of amides is 2. The van der Waals surface area contributed by atoms with Gasteiger partial charge in [-0.3, -0.25) is 9.59 Å². The summed E-state index contributed by atoms with van der Waals surface area (Å²) in [5, 5.41) is 0. The molecule has 0 bridgehead atoms. The molecule has 0 spiro atoms. The van der Waals surface area contributed by atoms with Crippen molar-refractivity contribution in [2.24, 2.45) is 0 Å². The van der Waals surface area contributed by atoms with Crippen molar-refractivity contribution in [2.75, 3.05) is 13.1 Å². The molecule has 2 aliphatic heterocycles. The fourth-order valence-corrected chi connectivity index (χ4v) is 4.40. The summed E-state index contributed by atoms with van der Waals surface area (Å²) in [5.74, 6) is -31.6. The predicted octanol–water partition coefficient (Wildman–Crippen LogP) is 4.70. The zero-order chi connectivity index (χ0) is 26.5. The molecule has 4 nitrogen and oxygen atoms in total. The predicted molar refractivity (Wildman–Crippen MR) is 111 cm³/mol. The number of alkyl halides is 8. The van der Waals surface area contributed by atoms with Crippen molar-refractivity contribution in [1.82, 2.24) is 9.80 Å². The molecule has 0 fully saturated rings. The van der Waals surface area contributed by atoms with Gasteiger partial charge in [0, 0.05) is 26.2 Å². The van der Waals surface area contributed by atoms with E-state index in [1.807, 2.05) is 0 Å². The van der Waals surface area contributed by atoms with Crippen LogP contribution in [0.25, 0.3) is 0 Å². The van der Waals surface area contributed by atoms with E-state index in [0.29, 0.717) is 22.3 Å². The molecule has 12 heteroatoms. The summed E-state index contributed by atoms with van der Waals surface area (Å²) in [4.78, 5) is 25.0. The first-order valence-corrected chi connectivity index (χ1v) is 11.0. The number of rotatable bonds is 5. The van der Waals surface area contributed by atoms with Crippen molar-refractivity contribution in [3.63, 3.8) is 0 Å². The van der Waals surface area contributed by atoms with Crippen molar-refractivity contribution in [3.8, 4) is 0 Å². The molecule has 0 radical (unpaired) electrons. The quantitative estimate of drug-likeness (QED) is 0.537. The molecule has 2 aliphatic rings. The summed E-state index contributed by atoms with van der Waals surface area (Å²) in [6, 6.07) is 12.3. The molecule has 36 heavy (non-hydrogen) atoms. The minimum Gasteiger partial charge on any atom is -0.333 e. The Morgan fingerprint density at radius 3 is 1.19 bits per heavy atom. The Morgan fingerprint density at radius 2 is 0.861 bits per heavy atom. The fourth-order valence-electron chi connectivity index (χ4n) is 4.40. The summed E-state index contributed by atoms with van der Waals surface area (Å²) in [5.41, 5.74) is 1.94. The molecule has 0 saturated carbocycles. The Labute approximate surface area is 200 Å². The number of carbonyl (C=O) groups is 2. The average Bonchev–Trinajstić information content (AvgIpc) is 2.86. The second-order valence-electron chi connectivity index (χ2n) is 8.79. The van der Waals surface area contributed by atoms with Gasteiger partial charge in [-0.15, -0.1) is 0 Å². The molecule has 0 aromatic heterocycles. The first-order chi connectivity index (χ1) is 16.7. The number of halogens is 8. The molecule has 194 valence electrons. The van der Waals surface area contributed by atoms with Crippen LogP contribution in [0.15, 0.2) is 48.5 Å². The Morgan fingerprint density at radius 1 is 0.556 bits per heavy atom. The van der Waals surface area contributed by atoms with E-state index < -0.39 is 61.7 Å². The third-order valence-electron chi connectivity index (χ3n) is 6.56. The van der Waals surface area contributed by atoms with E-state index in [9.17, 15) is 44.7 Å². The molecule has 2 amide bonds. The molecule has 2 aromatic carbocycles. The van der Waals surface area contributed by atoms with Crippen LogP contribution >= 0.6 is 0 Å². The van der Waals surface area contributed by atoms with Gasteiger partial charge in [0.25, 0.3) is 11.8 Å². The van der Waals surface area contributed by atoms with Gasteiger partial charge in [0.05, 0.1) is 0 Å². The molecular weight excluding hydrogens is 500 g/mol. The maximum absolute atomic E-state index is 14.6. The van der Waals surface area contributed by atoms with Crippen molar-refractivity contribution < 1.29 is 44.7 Å². The van der Waals surface area contributed by atoms with Crippen LogP contribution in [0.2, 0.25) is 0 Å². The first-order valence-electron chi connectivity index (χ1n) is 11.0. The van der Waals surface area contributed by atoms with Gasteiger partial charge in [-0.1, -0.05) is 48.5 Å². The highest BCUT2D eigenvalue weighted by molar-refractivity contribution is 5.88. The second-order valence-corrected chi connectivity index (χ2v) is 8.79. The van der Waals surface area contributed by atoms with Crippen LogP contribution in [0.4, 0.5) is 35.1 Å². The normalized spacial score (nSPS) is 16.9. The van der Waals surface area contributed by atoms with Gasteiger partial charge >= 0.3 is 23.7 Å². The van der Waals surface area contributed by atoms with Crippen molar-refractivity contribution in [2.45, 2.75) is 49.6 Å². The zero-order valence-electron chi connectivity index (χ0n) is 18.6. The van der Waals surface area contributed by atoms with Crippen LogP contribution in [-0.4, -0.2) is 58.4 Å². The van der Waals surface area contributed by atoms with E-state index in [-0.39, 0.29) is 22.6 Å². The van der Waals surface area contributed by atoms with E-state index in [1.165, 1.54) is 24.3 Å². The lowest BCUT2D eigenvalue weighted by Gasteiger charge is -2.40. The van der Waals surface area contributed by atoms with E-state index in [0.717, 1.165) is 0 Å². The van der Waals surface area contributed by atoms with Crippen molar-refractivity contribution in [3.05, 3.63) is 70.8 Å². The number of carbonyl (C=O) groups excluding carboxylic acids is 2. The molecule has 4 rings (SSSR count). The third-order valence-corrected chi connectivity index (χ3v) is 6.56. The molecule has 0 atom stereocenters. The summed E-state index contributed by atoms with van der Waals surface area (Å²) in [6.45, 7) is -2.19. The summed E-state index contributed by atoms with van der Waals surface area (Å²) < 4.78 is 117. The number of fused-ring (bicyclic) bond motifs is 2. The highest BCUT2D eigenvalue weighted by Crippen LogP contribution is 2.54. The topological polar surface area (TPSA) is 40.6 Å². The Bertz CT molecular complexity index is 1090. The molecule has 0 N–H and O–H groups in total. The van der Waals surface area contributed by atoms with Crippen LogP contribution in [0, 0.1) is 0 Å². The highest BCUT2D eigenvalue weighted by Gasteiger charge is 2.85. The van der Waals surface area contributed by atoms with Gasteiger partial charge in [-0.05, 0) is 35.1 Å². The fraction of sp³-hybridized carbons (Fsp3) is 0.417. The maximum Gasteiger partial charge on any atom is 0.393 e. The van der Waals surface area contributed by atoms with E-state index in [2.05, 4.69) is 0 Å². The SMILES string of the molecule is O=C(N1CCc2ccccc2C1)C(F)(F)C(F)(F)C(F)(F)C(F)(F)C(=O)N1CCc2ccccc2C1. The summed E-state index contributed by atoms with van der Waals surface area (Å²) >= 11 is 0. The third kappa shape index (κ3) is 3.90. The van der Waals surface area contributed by atoms with Gasteiger partial charge in [-0.2, -0.15) is 35.1 Å². The highest BCUT2D eigenvalue weighted by atomic mass is 19.4. The molecule has 2 aromatic rings. The Hall–Kier alpha value is -3.18. The summed E-state index contributed by atoms with van der Waals surface area (Å²) in [6.07, 6.45) is -0.0456. The van der Waals surface area contributed by atoms with Gasteiger partial charge in [0.2, 0.25) is 0 Å². The van der Waals surface area contributed by atoms with Crippen molar-refractivity contribution >= 4 is 11.8 Å². The molecule has 2 heterocycles. The number of nitrogens with zero attached hydrogens (tertiary/aromatic N) is 2. The lowest BCUT2D eigenvalue weighted by atomic mass is 9.94. The molecule has 0 saturated heterocycles. The van der Waals surface area contributed by atoms with E-state index >= 15 is 0 Å². The Kier molecular flexibility index (Phi) is 6.28. The van der Waals surface area contributed by atoms with E-state index in [1.54, 1.807) is 24.3 Å². The van der Waals surface area contributed by atoms with Gasteiger partial charge in [0.15, 0.2) is 0 Å². The number of benzene rings is 2.